The molecule has 0 radical (unpaired) electrons. The number of thioether (sulfide) groups is 1. The van der Waals surface area contributed by atoms with Crippen LogP contribution in [0.25, 0.3) is 0 Å². The van der Waals surface area contributed by atoms with Gasteiger partial charge in [0.2, 0.25) is 11.5 Å². The van der Waals surface area contributed by atoms with Gasteiger partial charge in [0.15, 0.2) is 5.78 Å². The van der Waals surface area contributed by atoms with Crippen LogP contribution in [0.15, 0.2) is 24.3 Å². The first-order valence-corrected chi connectivity index (χ1v) is 14.8. The molecule has 0 aromatic heterocycles. The largest absolute Gasteiger partial charge is 0.507 e. The minimum atomic E-state index is -1.10. The molecular weight excluding hydrogens is 514 g/mol. The van der Waals surface area contributed by atoms with E-state index in [0.717, 1.165) is 65.3 Å². The molecule has 2 amide bonds. The van der Waals surface area contributed by atoms with E-state index in [0.29, 0.717) is 42.9 Å². The lowest BCUT2D eigenvalue weighted by molar-refractivity contribution is -0.139. The fourth-order valence-electron chi connectivity index (χ4n) is 5.34. The topological polar surface area (TPSA) is 102 Å². The SMILES string of the molecule is CCCCCCCC(=O)C1(COc2ccc(CC3SC(=O)NC3=O)cc2)CCc2c(C)c(O)c(C)c(C)c2O1. The lowest BCUT2D eigenvalue weighted by Crippen LogP contribution is -2.52. The van der Waals surface area contributed by atoms with Crippen molar-refractivity contribution in [3.63, 3.8) is 0 Å². The molecular formula is C31H39NO6S. The number of nitrogens with one attached hydrogen (secondary N) is 1. The van der Waals surface area contributed by atoms with Crippen molar-refractivity contribution < 1.29 is 29.0 Å². The van der Waals surface area contributed by atoms with Crippen LogP contribution in [0.3, 0.4) is 0 Å². The Morgan fingerprint density at radius 3 is 2.46 bits per heavy atom. The maximum atomic E-state index is 13.7. The summed E-state index contributed by atoms with van der Waals surface area (Å²) in [6.45, 7) is 7.96. The molecule has 0 spiro atoms. The summed E-state index contributed by atoms with van der Waals surface area (Å²) in [6.07, 6.45) is 7.29. The zero-order valence-electron chi connectivity index (χ0n) is 23.4. The number of imide groups is 1. The maximum Gasteiger partial charge on any atom is 0.286 e. The van der Waals surface area contributed by atoms with Crippen molar-refractivity contribution in [2.75, 3.05) is 6.61 Å². The van der Waals surface area contributed by atoms with Gasteiger partial charge in [-0.05, 0) is 74.4 Å². The number of hydrogen-bond acceptors (Lipinski definition) is 7. The summed E-state index contributed by atoms with van der Waals surface area (Å²) < 4.78 is 12.8. The predicted molar refractivity (Wildman–Crippen MR) is 153 cm³/mol. The first-order valence-electron chi connectivity index (χ1n) is 13.9. The number of carbonyl (C=O) groups excluding carboxylic acids is 3. The molecule has 2 aromatic rings. The van der Waals surface area contributed by atoms with Crippen molar-refractivity contribution in [2.45, 2.75) is 96.3 Å². The van der Waals surface area contributed by atoms with Crippen molar-refractivity contribution >= 4 is 28.7 Å². The molecule has 39 heavy (non-hydrogen) atoms. The van der Waals surface area contributed by atoms with Crippen LogP contribution >= 0.6 is 11.8 Å². The summed E-state index contributed by atoms with van der Waals surface area (Å²) >= 11 is 1.01. The first-order chi connectivity index (χ1) is 18.6. The van der Waals surface area contributed by atoms with Crippen LogP contribution in [0.4, 0.5) is 4.79 Å². The zero-order chi connectivity index (χ0) is 28.2. The highest BCUT2D eigenvalue weighted by atomic mass is 32.2. The van der Waals surface area contributed by atoms with Crippen LogP contribution in [0.5, 0.6) is 17.2 Å². The number of aromatic hydroxyl groups is 1. The Balaban J connectivity index is 1.50. The van der Waals surface area contributed by atoms with E-state index >= 15 is 0 Å². The second-order valence-corrected chi connectivity index (χ2v) is 11.9. The van der Waals surface area contributed by atoms with Crippen LogP contribution in [0.1, 0.15) is 79.7 Å². The normalized spacial score (nSPS) is 20.4. The van der Waals surface area contributed by atoms with Gasteiger partial charge in [-0.3, -0.25) is 19.7 Å². The van der Waals surface area contributed by atoms with Gasteiger partial charge in [-0.15, -0.1) is 0 Å². The molecule has 2 atom stereocenters. The highest BCUT2D eigenvalue weighted by Gasteiger charge is 2.45. The maximum absolute atomic E-state index is 13.7. The highest BCUT2D eigenvalue weighted by molar-refractivity contribution is 8.15. The summed E-state index contributed by atoms with van der Waals surface area (Å²) in [7, 11) is 0. The lowest BCUT2D eigenvalue weighted by Gasteiger charge is -2.39. The van der Waals surface area contributed by atoms with Gasteiger partial charge in [0.1, 0.15) is 23.9 Å². The Kier molecular flexibility index (Phi) is 9.26. The van der Waals surface area contributed by atoms with Gasteiger partial charge < -0.3 is 14.6 Å². The Hall–Kier alpha value is -3.00. The van der Waals surface area contributed by atoms with E-state index in [1.807, 2.05) is 45.0 Å². The lowest BCUT2D eigenvalue weighted by atomic mass is 9.83. The monoisotopic (exact) mass is 553 g/mol. The number of phenolic OH excluding ortho intramolecular Hbond substituents is 1. The average Bonchev–Trinajstić information content (AvgIpc) is 3.25. The number of phenols is 1. The summed E-state index contributed by atoms with van der Waals surface area (Å²) in [5.41, 5.74) is 3.20. The number of unbranched alkanes of at least 4 members (excludes halogenated alkanes) is 4. The number of Topliss-reactive ketones (excluding diaryl/α,β-unsaturated/α-hetero) is 1. The quantitative estimate of drug-likeness (QED) is 0.298. The Labute approximate surface area is 235 Å². The van der Waals surface area contributed by atoms with E-state index < -0.39 is 10.9 Å². The summed E-state index contributed by atoms with van der Waals surface area (Å²) in [6, 6.07) is 7.41. The number of benzene rings is 2. The van der Waals surface area contributed by atoms with Gasteiger partial charge in [0.05, 0.1) is 5.25 Å². The minimum Gasteiger partial charge on any atom is -0.507 e. The third-order valence-corrected chi connectivity index (χ3v) is 9.00. The van der Waals surface area contributed by atoms with E-state index in [4.69, 9.17) is 9.47 Å². The molecule has 2 aliphatic rings. The van der Waals surface area contributed by atoms with Crippen LogP contribution in [-0.4, -0.2) is 39.5 Å². The molecule has 2 N–H and O–H groups in total. The van der Waals surface area contributed by atoms with E-state index in [-0.39, 0.29) is 23.5 Å². The molecule has 8 heteroatoms. The highest BCUT2D eigenvalue weighted by Crippen LogP contribution is 2.44. The zero-order valence-corrected chi connectivity index (χ0v) is 24.2. The third kappa shape index (κ3) is 6.43. The van der Waals surface area contributed by atoms with Crippen LogP contribution in [0, 0.1) is 20.8 Å². The average molecular weight is 554 g/mol. The van der Waals surface area contributed by atoms with E-state index in [2.05, 4.69) is 12.2 Å². The van der Waals surface area contributed by atoms with Crippen LogP contribution in [-0.2, 0) is 22.4 Å². The minimum absolute atomic E-state index is 0.0537. The summed E-state index contributed by atoms with van der Waals surface area (Å²) in [5.74, 6) is 1.38. The fraction of sp³-hybridized carbons (Fsp3) is 0.516. The summed E-state index contributed by atoms with van der Waals surface area (Å²) in [4.78, 5) is 37.1. The van der Waals surface area contributed by atoms with E-state index in [9.17, 15) is 19.5 Å². The molecule has 210 valence electrons. The van der Waals surface area contributed by atoms with Gasteiger partial charge in [-0.25, -0.2) is 0 Å². The molecule has 7 nitrogen and oxygen atoms in total. The summed E-state index contributed by atoms with van der Waals surface area (Å²) in [5, 5.41) is 12.2. The number of amides is 2. The van der Waals surface area contributed by atoms with Crippen LogP contribution in [0.2, 0.25) is 0 Å². The molecule has 1 saturated heterocycles. The molecule has 0 saturated carbocycles. The number of carbonyl (C=O) groups is 3. The third-order valence-electron chi connectivity index (χ3n) is 8.02. The Morgan fingerprint density at radius 1 is 1.08 bits per heavy atom. The smallest absolute Gasteiger partial charge is 0.286 e. The molecule has 0 aliphatic carbocycles. The number of ketones is 1. The first kappa shape index (κ1) is 29.0. The van der Waals surface area contributed by atoms with Gasteiger partial charge in [-0.1, -0.05) is 56.5 Å². The van der Waals surface area contributed by atoms with Gasteiger partial charge in [0, 0.05) is 18.4 Å². The molecule has 4 rings (SSSR count). The molecule has 1 fully saturated rings. The number of fused-ring (bicyclic) bond motifs is 1. The molecule has 2 aliphatic heterocycles. The molecule has 2 unspecified atom stereocenters. The standard InChI is InChI=1S/C31H39NO6S/c1-5-6-7-8-9-10-26(33)31(16-15-24-21(4)27(34)19(2)20(3)28(24)38-31)18-37-23-13-11-22(12-14-23)17-25-29(35)32-30(36)39-25/h11-14,25,34H,5-10,15-18H2,1-4H3,(H,32,35,36). The van der Waals surface area contributed by atoms with Crippen molar-refractivity contribution in [3.8, 4) is 17.2 Å². The fourth-order valence-corrected chi connectivity index (χ4v) is 6.20. The second kappa shape index (κ2) is 12.5. The number of ether oxygens (including phenoxy) is 2. The number of rotatable bonds is 12. The van der Waals surface area contributed by atoms with Crippen molar-refractivity contribution in [2.24, 2.45) is 0 Å². The van der Waals surface area contributed by atoms with Crippen molar-refractivity contribution in [1.82, 2.24) is 5.32 Å². The van der Waals surface area contributed by atoms with Crippen molar-refractivity contribution in [1.29, 1.82) is 0 Å². The molecule has 2 aromatic carbocycles. The Bertz CT molecular complexity index is 1240. The van der Waals surface area contributed by atoms with Crippen molar-refractivity contribution in [3.05, 3.63) is 52.1 Å². The molecule has 0 bridgehead atoms. The van der Waals surface area contributed by atoms with Crippen LogP contribution < -0.4 is 14.8 Å². The predicted octanol–water partition coefficient (Wildman–Crippen LogP) is 6.28. The molecule has 2 heterocycles. The van der Waals surface area contributed by atoms with E-state index in [1.165, 1.54) is 6.42 Å². The van der Waals surface area contributed by atoms with E-state index in [1.54, 1.807) is 0 Å². The van der Waals surface area contributed by atoms with Gasteiger partial charge in [-0.2, -0.15) is 0 Å². The van der Waals surface area contributed by atoms with Gasteiger partial charge in [0.25, 0.3) is 5.24 Å². The Morgan fingerprint density at radius 2 is 1.79 bits per heavy atom. The number of hydrogen-bond donors (Lipinski definition) is 2. The second-order valence-electron chi connectivity index (χ2n) is 10.7. The van der Waals surface area contributed by atoms with Gasteiger partial charge >= 0.3 is 0 Å².